The summed E-state index contributed by atoms with van der Waals surface area (Å²) >= 11 is 0. The van der Waals surface area contributed by atoms with Crippen LogP contribution < -0.4 is 5.32 Å². The third-order valence-electron chi connectivity index (χ3n) is 3.14. The van der Waals surface area contributed by atoms with Gasteiger partial charge < -0.3 is 19.9 Å². The third-order valence-corrected chi connectivity index (χ3v) is 3.14. The maximum atomic E-state index is 11.7. The second-order valence-corrected chi connectivity index (χ2v) is 6.08. The molecule has 1 aliphatic carbocycles. The average molecular weight is 287 g/mol. The molecule has 6 nitrogen and oxygen atoms in total. The molecule has 0 aliphatic heterocycles. The quantitative estimate of drug-likeness (QED) is 0.770. The number of nitrogens with one attached hydrogen (secondary N) is 1. The summed E-state index contributed by atoms with van der Waals surface area (Å²) in [5.74, 6) is -0.566. The topological polar surface area (TPSA) is 84.9 Å². The van der Waals surface area contributed by atoms with Crippen molar-refractivity contribution in [1.82, 2.24) is 5.32 Å². The van der Waals surface area contributed by atoms with Gasteiger partial charge in [-0.05, 0) is 47.0 Å². The van der Waals surface area contributed by atoms with Crippen molar-refractivity contribution in [2.45, 2.75) is 64.7 Å². The summed E-state index contributed by atoms with van der Waals surface area (Å²) in [5.41, 5.74) is -0.572. The van der Waals surface area contributed by atoms with E-state index >= 15 is 0 Å². The Hall–Kier alpha value is -1.30. The van der Waals surface area contributed by atoms with Crippen LogP contribution in [-0.4, -0.2) is 41.5 Å². The van der Waals surface area contributed by atoms with Gasteiger partial charge in [-0.25, -0.2) is 4.79 Å². The molecule has 2 N–H and O–H groups in total. The highest BCUT2D eigenvalue weighted by atomic mass is 16.6. The van der Waals surface area contributed by atoms with E-state index in [1.807, 2.05) is 0 Å². The van der Waals surface area contributed by atoms with Crippen LogP contribution in [0.1, 0.15) is 47.0 Å². The minimum absolute atomic E-state index is 0.276. The molecule has 1 rings (SSSR count). The fourth-order valence-corrected chi connectivity index (χ4v) is 2.25. The van der Waals surface area contributed by atoms with Crippen molar-refractivity contribution in [2.24, 2.45) is 5.92 Å². The Labute approximate surface area is 119 Å². The second kappa shape index (κ2) is 6.92. The summed E-state index contributed by atoms with van der Waals surface area (Å²) in [4.78, 5) is 23.3. The number of aliphatic hydroxyl groups is 1. The molecule has 0 aromatic rings. The van der Waals surface area contributed by atoms with Crippen molar-refractivity contribution in [3.63, 3.8) is 0 Å². The van der Waals surface area contributed by atoms with Crippen LogP contribution in [0.3, 0.4) is 0 Å². The molecule has 0 saturated heterocycles. The van der Waals surface area contributed by atoms with Crippen molar-refractivity contribution in [2.75, 3.05) is 6.61 Å². The lowest BCUT2D eigenvalue weighted by molar-refractivity contribution is -0.150. The van der Waals surface area contributed by atoms with Gasteiger partial charge >= 0.3 is 12.1 Å². The third kappa shape index (κ3) is 5.36. The van der Waals surface area contributed by atoms with Crippen molar-refractivity contribution >= 4 is 12.1 Å². The molecule has 0 aromatic heterocycles. The molecule has 3 atom stereocenters. The summed E-state index contributed by atoms with van der Waals surface area (Å²) in [6.45, 7) is 7.43. The largest absolute Gasteiger partial charge is 0.466 e. The Bertz CT molecular complexity index is 350. The number of esters is 1. The van der Waals surface area contributed by atoms with E-state index in [1.165, 1.54) is 0 Å². The van der Waals surface area contributed by atoms with Gasteiger partial charge in [-0.1, -0.05) is 0 Å². The number of carbonyl (C=O) groups excluding carboxylic acids is 2. The minimum atomic E-state index is -0.759. The molecule has 0 heterocycles. The highest BCUT2D eigenvalue weighted by Crippen LogP contribution is 2.26. The number of ether oxygens (including phenoxy) is 2. The molecular formula is C14H25NO5. The number of hydrogen-bond donors (Lipinski definition) is 2. The van der Waals surface area contributed by atoms with E-state index in [0.29, 0.717) is 25.9 Å². The van der Waals surface area contributed by atoms with Crippen LogP contribution in [0.2, 0.25) is 0 Å². The highest BCUT2D eigenvalue weighted by molar-refractivity contribution is 5.73. The first-order valence-corrected chi connectivity index (χ1v) is 7.07. The monoisotopic (exact) mass is 287 g/mol. The number of amides is 1. The number of aliphatic hydroxyl groups excluding tert-OH is 1. The van der Waals surface area contributed by atoms with Crippen molar-refractivity contribution in [3.05, 3.63) is 0 Å². The summed E-state index contributed by atoms with van der Waals surface area (Å²) in [6.07, 6.45) is 0.126. The van der Waals surface area contributed by atoms with Crippen LogP contribution in [0.5, 0.6) is 0 Å². The molecule has 0 radical (unpaired) electrons. The van der Waals surface area contributed by atoms with Crippen LogP contribution in [0, 0.1) is 5.92 Å². The van der Waals surface area contributed by atoms with Gasteiger partial charge in [0.15, 0.2) is 0 Å². The molecule has 0 aromatic carbocycles. The van der Waals surface area contributed by atoms with E-state index in [0.717, 1.165) is 0 Å². The van der Waals surface area contributed by atoms with Gasteiger partial charge in [0.25, 0.3) is 0 Å². The number of carbonyl (C=O) groups is 2. The van der Waals surface area contributed by atoms with E-state index in [-0.39, 0.29) is 17.9 Å². The predicted octanol–water partition coefficient (Wildman–Crippen LogP) is 1.60. The lowest BCUT2D eigenvalue weighted by Gasteiger charge is -2.33. The van der Waals surface area contributed by atoms with Gasteiger partial charge in [0, 0.05) is 0 Å². The van der Waals surface area contributed by atoms with E-state index in [4.69, 9.17) is 9.47 Å². The van der Waals surface area contributed by atoms with Gasteiger partial charge in [0.2, 0.25) is 0 Å². The van der Waals surface area contributed by atoms with Crippen molar-refractivity contribution < 1.29 is 24.2 Å². The van der Waals surface area contributed by atoms with Gasteiger partial charge in [-0.2, -0.15) is 0 Å². The van der Waals surface area contributed by atoms with E-state index in [1.54, 1.807) is 27.7 Å². The van der Waals surface area contributed by atoms with Crippen LogP contribution in [0.4, 0.5) is 4.79 Å². The Morgan fingerprint density at radius 1 is 1.30 bits per heavy atom. The van der Waals surface area contributed by atoms with E-state index in [2.05, 4.69) is 5.32 Å². The van der Waals surface area contributed by atoms with E-state index < -0.39 is 17.8 Å². The molecular weight excluding hydrogens is 262 g/mol. The molecule has 1 amide bonds. The van der Waals surface area contributed by atoms with Crippen molar-refractivity contribution in [1.29, 1.82) is 0 Å². The number of alkyl carbamates (subject to hydrolysis) is 1. The minimum Gasteiger partial charge on any atom is -0.466 e. The zero-order valence-corrected chi connectivity index (χ0v) is 12.6. The molecule has 6 heteroatoms. The molecule has 20 heavy (non-hydrogen) atoms. The van der Waals surface area contributed by atoms with Crippen LogP contribution in [-0.2, 0) is 14.3 Å². The maximum absolute atomic E-state index is 11.7. The normalized spacial score (nSPS) is 26.8. The van der Waals surface area contributed by atoms with Gasteiger partial charge in [-0.15, -0.1) is 0 Å². The Morgan fingerprint density at radius 2 is 1.95 bits per heavy atom. The van der Waals surface area contributed by atoms with Gasteiger partial charge in [0.05, 0.1) is 24.7 Å². The summed E-state index contributed by atoms with van der Waals surface area (Å²) in [6, 6.07) is -0.379. The van der Waals surface area contributed by atoms with Crippen LogP contribution in [0.15, 0.2) is 0 Å². The van der Waals surface area contributed by atoms with Crippen LogP contribution >= 0.6 is 0 Å². The van der Waals surface area contributed by atoms with Gasteiger partial charge in [-0.3, -0.25) is 4.79 Å². The standard InChI is InChI=1S/C14H25NO5/c1-5-19-12(17)9-6-7-10(11(16)8-9)15-13(18)20-14(2,3)4/h9-11,16H,5-8H2,1-4H3,(H,15,18). The SMILES string of the molecule is CCOC(=O)C1CCC(NC(=O)OC(C)(C)C)C(O)C1. The molecule has 1 saturated carbocycles. The lowest BCUT2D eigenvalue weighted by Crippen LogP contribution is -2.49. The number of hydrogen-bond acceptors (Lipinski definition) is 5. The molecule has 3 unspecified atom stereocenters. The first-order valence-electron chi connectivity index (χ1n) is 7.07. The fraction of sp³-hybridized carbons (Fsp3) is 0.857. The fourth-order valence-electron chi connectivity index (χ4n) is 2.25. The predicted molar refractivity (Wildman–Crippen MR) is 73.1 cm³/mol. The van der Waals surface area contributed by atoms with Gasteiger partial charge in [0.1, 0.15) is 5.60 Å². The molecule has 116 valence electrons. The molecule has 0 bridgehead atoms. The smallest absolute Gasteiger partial charge is 0.407 e. The first-order chi connectivity index (χ1) is 9.23. The summed E-state index contributed by atoms with van der Waals surface area (Å²) in [5, 5.41) is 12.7. The Kier molecular flexibility index (Phi) is 5.80. The second-order valence-electron chi connectivity index (χ2n) is 6.08. The summed E-state index contributed by atoms with van der Waals surface area (Å²) < 4.78 is 10.1. The highest BCUT2D eigenvalue weighted by Gasteiger charge is 2.35. The van der Waals surface area contributed by atoms with Crippen LogP contribution in [0.25, 0.3) is 0 Å². The Morgan fingerprint density at radius 3 is 2.45 bits per heavy atom. The molecule has 1 aliphatic rings. The first kappa shape index (κ1) is 16.8. The Balaban J connectivity index is 2.45. The molecule has 1 fully saturated rings. The van der Waals surface area contributed by atoms with Crippen molar-refractivity contribution in [3.8, 4) is 0 Å². The molecule has 0 spiro atoms. The number of rotatable bonds is 3. The lowest BCUT2D eigenvalue weighted by atomic mass is 9.84. The average Bonchev–Trinajstić information content (AvgIpc) is 2.29. The summed E-state index contributed by atoms with van der Waals surface area (Å²) in [7, 11) is 0. The van der Waals surface area contributed by atoms with E-state index in [9.17, 15) is 14.7 Å². The zero-order chi connectivity index (χ0) is 15.3. The zero-order valence-electron chi connectivity index (χ0n) is 12.6. The maximum Gasteiger partial charge on any atom is 0.407 e.